The molecule has 4 rings (SSSR count). The standard InChI is InChI=1S/C23H30ClN5O/c1-2-25-22(28-17-23(8-9-23)19-6-3-7-20(24)15-19)27-16-18-5-4-10-26-21(18)29-11-13-30-14-12-29/h3-7,10,15H,2,8-9,11-14,16-17H2,1H3,(H2,25,27,28). The molecule has 1 aromatic heterocycles. The first kappa shape index (κ1) is 20.9. The van der Waals surface area contributed by atoms with E-state index in [0.717, 1.165) is 61.8 Å². The van der Waals surface area contributed by atoms with Gasteiger partial charge in [-0.25, -0.2) is 9.98 Å². The zero-order chi connectivity index (χ0) is 20.8. The Morgan fingerprint density at radius 3 is 2.77 bits per heavy atom. The van der Waals surface area contributed by atoms with Crippen molar-refractivity contribution in [3.05, 3.63) is 58.7 Å². The lowest BCUT2D eigenvalue weighted by molar-refractivity contribution is 0.122. The van der Waals surface area contributed by atoms with Crippen LogP contribution in [0.5, 0.6) is 0 Å². The third-order valence-electron chi connectivity index (χ3n) is 5.81. The van der Waals surface area contributed by atoms with E-state index in [1.807, 2.05) is 24.4 Å². The van der Waals surface area contributed by atoms with Crippen molar-refractivity contribution in [3.63, 3.8) is 0 Å². The first-order chi connectivity index (χ1) is 14.7. The molecule has 6 nitrogen and oxygen atoms in total. The summed E-state index contributed by atoms with van der Waals surface area (Å²) in [6, 6.07) is 12.3. The highest BCUT2D eigenvalue weighted by molar-refractivity contribution is 6.30. The summed E-state index contributed by atoms with van der Waals surface area (Å²) in [5.74, 6) is 1.85. The summed E-state index contributed by atoms with van der Waals surface area (Å²) in [5, 5.41) is 7.72. The Kier molecular flexibility index (Phi) is 6.75. The fourth-order valence-corrected chi connectivity index (χ4v) is 4.10. The average molecular weight is 428 g/mol. The van der Waals surface area contributed by atoms with E-state index in [2.05, 4.69) is 45.6 Å². The number of hydrogen-bond acceptors (Lipinski definition) is 4. The smallest absolute Gasteiger partial charge is 0.191 e. The van der Waals surface area contributed by atoms with Crippen molar-refractivity contribution in [2.24, 2.45) is 4.99 Å². The number of nitrogens with one attached hydrogen (secondary N) is 2. The van der Waals surface area contributed by atoms with Gasteiger partial charge in [-0.2, -0.15) is 0 Å². The predicted molar refractivity (Wildman–Crippen MR) is 122 cm³/mol. The number of hydrogen-bond donors (Lipinski definition) is 2. The Morgan fingerprint density at radius 1 is 1.20 bits per heavy atom. The van der Waals surface area contributed by atoms with Gasteiger partial charge in [0.15, 0.2) is 5.96 Å². The molecule has 1 aliphatic carbocycles. The summed E-state index contributed by atoms with van der Waals surface area (Å²) >= 11 is 6.21. The molecule has 2 aliphatic rings. The highest BCUT2D eigenvalue weighted by Gasteiger charge is 2.44. The molecule has 2 N–H and O–H groups in total. The van der Waals surface area contributed by atoms with Gasteiger partial charge in [-0.05, 0) is 43.5 Å². The van der Waals surface area contributed by atoms with Crippen molar-refractivity contribution >= 4 is 23.4 Å². The minimum atomic E-state index is 0.161. The highest BCUT2D eigenvalue weighted by Crippen LogP contribution is 2.48. The number of benzene rings is 1. The summed E-state index contributed by atoms with van der Waals surface area (Å²) in [6.07, 6.45) is 4.19. The van der Waals surface area contributed by atoms with Crippen LogP contribution in [0.2, 0.25) is 5.02 Å². The van der Waals surface area contributed by atoms with Crippen LogP contribution >= 0.6 is 11.6 Å². The minimum Gasteiger partial charge on any atom is -0.378 e. The number of aliphatic imine (C=N–C) groups is 1. The lowest BCUT2D eigenvalue weighted by atomic mass is 9.96. The molecule has 1 aromatic carbocycles. The summed E-state index contributed by atoms with van der Waals surface area (Å²) < 4.78 is 5.48. The second kappa shape index (κ2) is 9.67. The van der Waals surface area contributed by atoms with E-state index in [4.69, 9.17) is 21.3 Å². The fourth-order valence-electron chi connectivity index (χ4n) is 3.91. The molecule has 160 valence electrons. The average Bonchev–Trinajstić information content (AvgIpc) is 3.58. The first-order valence-electron chi connectivity index (χ1n) is 10.7. The second-order valence-electron chi connectivity index (χ2n) is 7.92. The highest BCUT2D eigenvalue weighted by atomic mass is 35.5. The zero-order valence-electron chi connectivity index (χ0n) is 17.5. The molecule has 1 aliphatic heterocycles. The largest absolute Gasteiger partial charge is 0.378 e. The SMILES string of the molecule is CCNC(=NCc1cccnc1N1CCOCC1)NCC1(c2cccc(Cl)c2)CC1. The number of rotatable bonds is 7. The Morgan fingerprint density at radius 2 is 2.03 bits per heavy atom. The van der Waals surface area contributed by atoms with Crippen molar-refractivity contribution in [2.45, 2.75) is 31.7 Å². The molecule has 30 heavy (non-hydrogen) atoms. The molecule has 1 saturated carbocycles. The maximum atomic E-state index is 6.21. The molecule has 0 atom stereocenters. The Balaban J connectivity index is 1.44. The van der Waals surface area contributed by atoms with Gasteiger partial charge in [-0.15, -0.1) is 0 Å². The zero-order valence-corrected chi connectivity index (χ0v) is 18.3. The van der Waals surface area contributed by atoms with Crippen LogP contribution in [-0.2, 0) is 16.7 Å². The third-order valence-corrected chi connectivity index (χ3v) is 6.05. The van der Waals surface area contributed by atoms with E-state index in [-0.39, 0.29) is 5.41 Å². The van der Waals surface area contributed by atoms with Crippen LogP contribution in [0, 0.1) is 0 Å². The molecular weight excluding hydrogens is 398 g/mol. The summed E-state index contributed by atoms with van der Waals surface area (Å²) in [7, 11) is 0. The maximum absolute atomic E-state index is 6.21. The van der Waals surface area contributed by atoms with E-state index in [0.29, 0.717) is 6.54 Å². The molecule has 7 heteroatoms. The van der Waals surface area contributed by atoms with Gasteiger partial charge in [0, 0.05) is 48.4 Å². The Labute approximate surface area is 183 Å². The van der Waals surface area contributed by atoms with Crippen LogP contribution in [0.4, 0.5) is 5.82 Å². The van der Waals surface area contributed by atoms with Gasteiger partial charge in [0.1, 0.15) is 5.82 Å². The van der Waals surface area contributed by atoms with Crippen LogP contribution in [0.1, 0.15) is 30.9 Å². The van der Waals surface area contributed by atoms with Crippen LogP contribution in [0.25, 0.3) is 0 Å². The quantitative estimate of drug-likeness (QED) is 0.524. The number of halogens is 1. The Bertz CT molecular complexity index is 877. The minimum absolute atomic E-state index is 0.161. The molecule has 0 bridgehead atoms. The number of pyridine rings is 1. The lowest BCUT2D eigenvalue weighted by Crippen LogP contribution is -2.41. The van der Waals surface area contributed by atoms with E-state index in [1.54, 1.807) is 0 Å². The van der Waals surface area contributed by atoms with Gasteiger partial charge in [-0.1, -0.05) is 29.8 Å². The van der Waals surface area contributed by atoms with Crippen LogP contribution < -0.4 is 15.5 Å². The summed E-state index contributed by atoms with van der Waals surface area (Å²) in [6.45, 7) is 7.57. The van der Waals surface area contributed by atoms with Crippen molar-refractivity contribution in [1.29, 1.82) is 0 Å². The second-order valence-corrected chi connectivity index (χ2v) is 8.36. The number of ether oxygens (including phenoxy) is 1. The number of anilines is 1. The predicted octanol–water partition coefficient (Wildman–Crippen LogP) is 3.36. The van der Waals surface area contributed by atoms with E-state index in [1.165, 1.54) is 18.4 Å². The molecule has 2 fully saturated rings. The fraction of sp³-hybridized carbons (Fsp3) is 0.478. The molecule has 1 saturated heterocycles. The van der Waals surface area contributed by atoms with Crippen molar-refractivity contribution in [3.8, 4) is 0 Å². The number of nitrogens with zero attached hydrogens (tertiary/aromatic N) is 3. The van der Waals surface area contributed by atoms with Gasteiger partial charge in [0.2, 0.25) is 0 Å². The van der Waals surface area contributed by atoms with E-state index >= 15 is 0 Å². The molecular formula is C23H30ClN5O. The molecule has 0 spiro atoms. The van der Waals surface area contributed by atoms with Crippen LogP contribution in [-0.4, -0.2) is 50.3 Å². The molecule has 2 aromatic rings. The summed E-state index contributed by atoms with van der Waals surface area (Å²) in [5.41, 5.74) is 2.60. The van der Waals surface area contributed by atoms with E-state index in [9.17, 15) is 0 Å². The van der Waals surface area contributed by atoms with Crippen molar-refractivity contribution < 1.29 is 4.74 Å². The Hall–Kier alpha value is -2.31. The van der Waals surface area contributed by atoms with Crippen molar-refractivity contribution in [2.75, 3.05) is 44.3 Å². The maximum Gasteiger partial charge on any atom is 0.191 e. The van der Waals surface area contributed by atoms with Crippen LogP contribution in [0.15, 0.2) is 47.6 Å². The van der Waals surface area contributed by atoms with Crippen LogP contribution in [0.3, 0.4) is 0 Å². The molecule has 0 unspecified atom stereocenters. The first-order valence-corrected chi connectivity index (χ1v) is 11.1. The van der Waals surface area contributed by atoms with Gasteiger partial charge >= 0.3 is 0 Å². The monoisotopic (exact) mass is 427 g/mol. The van der Waals surface area contributed by atoms with Gasteiger partial charge in [0.25, 0.3) is 0 Å². The normalized spacial score (nSPS) is 18.2. The van der Waals surface area contributed by atoms with Gasteiger partial charge < -0.3 is 20.3 Å². The molecule has 2 heterocycles. The van der Waals surface area contributed by atoms with E-state index < -0.39 is 0 Å². The third kappa shape index (κ3) is 5.05. The topological polar surface area (TPSA) is 61.8 Å². The summed E-state index contributed by atoms with van der Waals surface area (Å²) in [4.78, 5) is 11.8. The lowest BCUT2D eigenvalue weighted by Gasteiger charge is -2.29. The molecule has 0 amide bonds. The van der Waals surface area contributed by atoms with Crippen molar-refractivity contribution in [1.82, 2.24) is 15.6 Å². The number of aromatic nitrogens is 1. The number of morpholine rings is 1. The van der Waals surface area contributed by atoms with Gasteiger partial charge in [0.05, 0.1) is 19.8 Å². The molecule has 0 radical (unpaired) electrons. The number of guanidine groups is 1. The van der Waals surface area contributed by atoms with Gasteiger partial charge in [-0.3, -0.25) is 0 Å².